The molecule has 1 unspecified atom stereocenters. The van der Waals surface area contributed by atoms with Crippen LogP contribution in [0.15, 0.2) is 0 Å². The van der Waals surface area contributed by atoms with Crippen molar-refractivity contribution in [2.24, 2.45) is 17.3 Å². The molecule has 2 rings (SSSR count). The van der Waals surface area contributed by atoms with Crippen LogP contribution in [0.2, 0.25) is 0 Å². The van der Waals surface area contributed by atoms with Gasteiger partial charge >= 0.3 is 0 Å². The first-order chi connectivity index (χ1) is 8.05. The van der Waals surface area contributed by atoms with Crippen LogP contribution in [0.1, 0.15) is 20.3 Å². The summed E-state index contributed by atoms with van der Waals surface area (Å²) < 4.78 is 5.35. The van der Waals surface area contributed by atoms with Gasteiger partial charge in [-0.2, -0.15) is 0 Å². The van der Waals surface area contributed by atoms with Gasteiger partial charge in [-0.1, -0.05) is 13.8 Å². The molecule has 1 saturated heterocycles. The minimum atomic E-state index is -0.550. The Bertz CT molecular complexity index is 251. The van der Waals surface area contributed by atoms with E-state index in [4.69, 9.17) is 9.84 Å². The molecule has 2 aliphatic rings. The summed E-state index contributed by atoms with van der Waals surface area (Å²) in [6.45, 7) is 9.16. The van der Waals surface area contributed by atoms with Gasteiger partial charge in [-0.05, 0) is 23.7 Å². The van der Waals surface area contributed by atoms with Crippen LogP contribution in [0.25, 0.3) is 0 Å². The third-order valence-electron chi connectivity index (χ3n) is 4.78. The average molecular weight is 243 g/mol. The Morgan fingerprint density at radius 3 is 2.53 bits per heavy atom. The molecule has 1 heterocycles. The van der Waals surface area contributed by atoms with E-state index < -0.39 is 6.10 Å². The molecule has 0 aromatic heterocycles. The van der Waals surface area contributed by atoms with Gasteiger partial charge in [0.05, 0.1) is 25.9 Å². The molecule has 100 valence electrons. The van der Waals surface area contributed by atoms with Gasteiger partial charge in [0, 0.05) is 19.6 Å². The minimum absolute atomic E-state index is 0.113. The summed E-state index contributed by atoms with van der Waals surface area (Å²) in [6.07, 6.45) is 0.484. The molecule has 0 spiro atoms. The van der Waals surface area contributed by atoms with Gasteiger partial charge in [0.1, 0.15) is 0 Å². The van der Waals surface area contributed by atoms with E-state index in [1.807, 2.05) is 0 Å². The first kappa shape index (κ1) is 13.3. The number of hydrogen-bond acceptors (Lipinski definition) is 4. The molecule has 1 saturated carbocycles. The Hall–Kier alpha value is -0.160. The van der Waals surface area contributed by atoms with Crippen LogP contribution in [0, 0.1) is 17.3 Å². The van der Waals surface area contributed by atoms with E-state index in [2.05, 4.69) is 18.7 Å². The third kappa shape index (κ3) is 2.65. The Labute approximate surface area is 104 Å². The van der Waals surface area contributed by atoms with E-state index in [1.165, 1.54) is 0 Å². The summed E-state index contributed by atoms with van der Waals surface area (Å²) in [7, 11) is 0. The van der Waals surface area contributed by atoms with E-state index in [0.29, 0.717) is 5.92 Å². The van der Waals surface area contributed by atoms with Crippen LogP contribution in [-0.2, 0) is 4.74 Å². The number of rotatable bonds is 4. The number of ether oxygens (including phenoxy) is 1. The fraction of sp³-hybridized carbons (Fsp3) is 1.00. The number of aliphatic hydroxyl groups excluding tert-OH is 2. The van der Waals surface area contributed by atoms with Crippen molar-refractivity contribution in [2.75, 3.05) is 39.5 Å². The number of aliphatic hydroxyl groups is 2. The zero-order valence-electron chi connectivity index (χ0n) is 10.9. The van der Waals surface area contributed by atoms with E-state index >= 15 is 0 Å². The molecule has 4 heteroatoms. The topological polar surface area (TPSA) is 52.9 Å². The molecule has 0 radical (unpaired) electrons. The molecule has 0 amide bonds. The monoisotopic (exact) mass is 243 g/mol. The Balaban J connectivity index is 1.83. The fourth-order valence-corrected chi connectivity index (χ4v) is 3.24. The molecular weight excluding hydrogens is 218 g/mol. The molecular formula is C13H25NO3. The lowest BCUT2D eigenvalue weighted by Gasteiger charge is -2.55. The predicted molar refractivity (Wildman–Crippen MR) is 65.7 cm³/mol. The van der Waals surface area contributed by atoms with Crippen molar-refractivity contribution < 1.29 is 14.9 Å². The van der Waals surface area contributed by atoms with Crippen LogP contribution in [0.5, 0.6) is 0 Å². The molecule has 2 fully saturated rings. The van der Waals surface area contributed by atoms with Crippen LogP contribution >= 0.6 is 0 Å². The van der Waals surface area contributed by atoms with Crippen molar-refractivity contribution in [3.63, 3.8) is 0 Å². The third-order valence-corrected chi connectivity index (χ3v) is 4.78. The lowest BCUT2D eigenvalue weighted by Crippen LogP contribution is -2.55. The number of hydrogen-bond donors (Lipinski definition) is 2. The van der Waals surface area contributed by atoms with Crippen LogP contribution < -0.4 is 0 Å². The average Bonchev–Trinajstić information content (AvgIpc) is 2.34. The summed E-state index contributed by atoms with van der Waals surface area (Å²) in [5.41, 5.74) is 0.139. The van der Waals surface area contributed by atoms with Gasteiger partial charge in [-0.15, -0.1) is 0 Å². The first-order valence-electron chi connectivity index (χ1n) is 6.64. The highest BCUT2D eigenvalue weighted by molar-refractivity contribution is 5.00. The minimum Gasteiger partial charge on any atom is -0.394 e. The molecule has 0 aromatic rings. The summed E-state index contributed by atoms with van der Waals surface area (Å²) in [5.74, 6) is 0.880. The van der Waals surface area contributed by atoms with E-state index in [9.17, 15) is 5.11 Å². The Kier molecular flexibility index (Phi) is 4.08. The van der Waals surface area contributed by atoms with Gasteiger partial charge in [-0.3, -0.25) is 4.90 Å². The second-order valence-corrected chi connectivity index (χ2v) is 6.02. The van der Waals surface area contributed by atoms with Crippen LogP contribution in [0.3, 0.4) is 0 Å². The Morgan fingerprint density at radius 1 is 1.35 bits per heavy atom. The highest BCUT2D eigenvalue weighted by atomic mass is 16.5. The van der Waals surface area contributed by atoms with Crippen LogP contribution in [0.4, 0.5) is 0 Å². The van der Waals surface area contributed by atoms with Gasteiger partial charge in [0.2, 0.25) is 0 Å². The highest BCUT2D eigenvalue weighted by Crippen LogP contribution is 2.53. The SMILES string of the molecule is CC1(C)[C@H](CN2CCOCC2)C[C@H]1C(O)CO. The van der Waals surface area contributed by atoms with Crippen molar-refractivity contribution in [1.29, 1.82) is 0 Å². The second-order valence-electron chi connectivity index (χ2n) is 6.02. The van der Waals surface area contributed by atoms with Gasteiger partial charge in [-0.25, -0.2) is 0 Å². The summed E-state index contributed by atoms with van der Waals surface area (Å²) in [6, 6.07) is 0. The maximum Gasteiger partial charge on any atom is 0.0804 e. The number of morpholine rings is 1. The maximum atomic E-state index is 9.75. The summed E-state index contributed by atoms with van der Waals surface area (Å²) >= 11 is 0. The van der Waals surface area contributed by atoms with Crippen molar-refractivity contribution in [2.45, 2.75) is 26.4 Å². The molecule has 2 N–H and O–H groups in total. The predicted octanol–water partition coefficient (Wildman–Crippen LogP) is 0.334. The van der Waals surface area contributed by atoms with Gasteiger partial charge in [0.15, 0.2) is 0 Å². The van der Waals surface area contributed by atoms with Crippen molar-refractivity contribution in [3.8, 4) is 0 Å². The molecule has 1 aliphatic heterocycles. The van der Waals surface area contributed by atoms with Crippen molar-refractivity contribution in [1.82, 2.24) is 4.90 Å². The zero-order valence-corrected chi connectivity index (χ0v) is 10.9. The zero-order chi connectivity index (χ0) is 12.5. The van der Waals surface area contributed by atoms with Gasteiger partial charge in [0.25, 0.3) is 0 Å². The maximum absolute atomic E-state index is 9.75. The largest absolute Gasteiger partial charge is 0.394 e. The quantitative estimate of drug-likeness (QED) is 0.747. The van der Waals surface area contributed by atoms with Crippen LogP contribution in [-0.4, -0.2) is 60.7 Å². The molecule has 0 aromatic carbocycles. The highest BCUT2D eigenvalue weighted by Gasteiger charge is 2.50. The second kappa shape index (κ2) is 5.22. The Morgan fingerprint density at radius 2 is 2.00 bits per heavy atom. The van der Waals surface area contributed by atoms with Crippen molar-refractivity contribution in [3.05, 3.63) is 0 Å². The summed E-state index contributed by atoms with van der Waals surface area (Å²) in [4.78, 5) is 2.46. The number of nitrogens with zero attached hydrogens (tertiary/aromatic N) is 1. The fourth-order valence-electron chi connectivity index (χ4n) is 3.24. The summed E-state index contributed by atoms with van der Waals surface area (Å²) in [5, 5.41) is 18.8. The molecule has 0 bridgehead atoms. The molecule has 4 nitrogen and oxygen atoms in total. The smallest absolute Gasteiger partial charge is 0.0804 e. The van der Waals surface area contributed by atoms with Gasteiger partial charge < -0.3 is 14.9 Å². The molecule has 1 aliphatic carbocycles. The first-order valence-corrected chi connectivity index (χ1v) is 6.64. The molecule has 3 atom stereocenters. The van der Waals surface area contributed by atoms with Crippen molar-refractivity contribution >= 4 is 0 Å². The standard InChI is InChI=1S/C13H25NO3/c1-13(2)10(7-11(13)12(16)9-15)8-14-3-5-17-6-4-14/h10-12,15-16H,3-9H2,1-2H3/t10-,11-,12?/m0/s1. The normalized spacial score (nSPS) is 35.3. The lowest BCUT2D eigenvalue weighted by molar-refractivity contribution is -0.121. The lowest BCUT2D eigenvalue weighted by atomic mass is 9.53. The molecule has 17 heavy (non-hydrogen) atoms. The van der Waals surface area contributed by atoms with E-state index in [1.54, 1.807) is 0 Å². The van der Waals surface area contributed by atoms with E-state index in [0.717, 1.165) is 39.3 Å². The van der Waals surface area contributed by atoms with E-state index in [-0.39, 0.29) is 17.9 Å².